The summed E-state index contributed by atoms with van der Waals surface area (Å²) >= 11 is 0. The van der Waals surface area contributed by atoms with E-state index in [1.54, 1.807) is 13.8 Å². The zero-order chi connectivity index (χ0) is 11.5. The molecule has 1 aliphatic carbocycles. The number of esters is 1. The monoisotopic (exact) mass is 212 g/mol. The molecule has 0 saturated heterocycles. The summed E-state index contributed by atoms with van der Waals surface area (Å²) in [4.78, 5) is 11.3. The first-order valence-corrected chi connectivity index (χ1v) is 5.47. The summed E-state index contributed by atoms with van der Waals surface area (Å²) in [6.45, 7) is 7.86. The van der Waals surface area contributed by atoms with Gasteiger partial charge >= 0.3 is 5.97 Å². The normalized spacial score (nSPS) is 26.0. The van der Waals surface area contributed by atoms with Crippen LogP contribution in [0.5, 0.6) is 0 Å². The second-order valence-corrected chi connectivity index (χ2v) is 4.66. The van der Waals surface area contributed by atoms with Crippen LogP contribution in [0.15, 0.2) is 12.2 Å². The van der Waals surface area contributed by atoms with Gasteiger partial charge in [0, 0.05) is 5.41 Å². The van der Waals surface area contributed by atoms with Crippen LogP contribution in [0.25, 0.3) is 0 Å². The van der Waals surface area contributed by atoms with Crippen molar-refractivity contribution < 1.29 is 14.6 Å². The molecule has 0 aromatic carbocycles. The maximum absolute atomic E-state index is 11.3. The van der Waals surface area contributed by atoms with Crippen molar-refractivity contribution in [1.82, 2.24) is 0 Å². The summed E-state index contributed by atoms with van der Waals surface area (Å²) in [5.41, 5.74) is 0.645. The van der Waals surface area contributed by atoms with Crippen molar-refractivity contribution in [1.29, 1.82) is 0 Å². The zero-order valence-corrected chi connectivity index (χ0v) is 9.58. The van der Waals surface area contributed by atoms with Crippen molar-refractivity contribution >= 4 is 5.97 Å². The van der Waals surface area contributed by atoms with Crippen LogP contribution >= 0.6 is 0 Å². The van der Waals surface area contributed by atoms with Crippen molar-refractivity contribution in [3.05, 3.63) is 12.2 Å². The van der Waals surface area contributed by atoms with Crippen LogP contribution in [-0.4, -0.2) is 24.3 Å². The highest BCUT2D eigenvalue weighted by atomic mass is 16.5. The van der Waals surface area contributed by atoms with E-state index in [0.29, 0.717) is 0 Å². The summed E-state index contributed by atoms with van der Waals surface area (Å²) in [7, 11) is 0. The standard InChI is InChI=1S/C12H20O3/c1-9(2)11(14)15-8-12(7-13)6-4-5-10(12)3/h9,13H,3-8H2,1-2H3/t12-/m0/s1. The average Bonchev–Trinajstić information content (AvgIpc) is 2.57. The van der Waals surface area contributed by atoms with Crippen LogP contribution in [-0.2, 0) is 9.53 Å². The molecule has 1 fully saturated rings. The van der Waals surface area contributed by atoms with Gasteiger partial charge in [0.1, 0.15) is 6.61 Å². The highest BCUT2D eigenvalue weighted by molar-refractivity contribution is 5.71. The van der Waals surface area contributed by atoms with Crippen LogP contribution < -0.4 is 0 Å². The molecule has 15 heavy (non-hydrogen) atoms. The maximum atomic E-state index is 11.3. The van der Waals surface area contributed by atoms with Gasteiger partial charge in [-0.25, -0.2) is 0 Å². The lowest BCUT2D eigenvalue weighted by Gasteiger charge is -2.27. The second kappa shape index (κ2) is 4.79. The van der Waals surface area contributed by atoms with Gasteiger partial charge in [-0.1, -0.05) is 26.0 Å². The van der Waals surface area contributed by atoms with E-state index < -0.39 is 0 Å². The molecular weight excluding hydrogens is 192 g/mol. The van der Waals surface area contributed by atoms with Gasteiger partial charge in [0.2, 0.25) is 0 Å². The molecule has 0 aromatic rings. The van der Waals surface area contributed by atoms with Crippen LogP contribution in [0.2, 0.25) is 0 Å². The van der Waals surface area contributed by atoms with Crippen molar-refractivity contribution in [2.75, 3.05) is 13.2 Å². The van der Waals surface area contributed by atoms with Crippen LogP contribution in [0.1, 0.15) is 33.1 Å². The van der Waals surface area contributed by atoms with E-state index in [2.05, 4.69) is 6.58 Å². The molecule has 1 N–H and O–H groups in total. The molecule has 0 aromatic heterocycles. The maximum Gasteiger partial charge on any atom is 0.308 e. The summed E-state index contributed by atoms with van der Waals surface area (Å²) < 4.78 is 5.19. The molecule has 0 aliphatic heterocycles. The minimum Gasteiger partial charge on any atom is -0.464 e. The van der Waals surface area contributed by atoms with E-state index in [9.17, 15) is 9.90 Å². The van der Waals surface area contributed by atoms with Crippen LogP contribution in [0.4, 0.5) is 0 Å². The fourth-order valence-electron chi connectivity index (χ4n) is 1.87. The molecule has 86 valence electrons. The summed E-state index contributed by atoms with van der Waals surface area (Å²) in [5, 5.41) is 9.39. The third kappa shape index (κ3) is 2.59. The van der Waals surface area contributed by atoms with Gasteiger partial charge < -0.3 is 9.84 Å². The molecule has 1 atom stereocenters. The van der Waals surface area contributed by atoms with Crippen molar-refractivity contribution in [3.8, 4) is 0 Å². The fraction of sp³-hybridized carbons (Fsp3) is 0.750. The van der Waals surface area contributed by atoms with E-state index in [4.69, 9.17) is 4.74 Å². The molecule has 0 radical (unpaired) electrons. The van der Waals surface area contributed by atoms with Gasteiger partial charge in [-0.05, 0) is 19.3 Å². The quantitative estimate of drug-likeness (QED) is 0.572. The molecule has 1 aliphatic rings. The van der Waals surface area contributed by atoms with E-state index in [1.807, 2.05) is 0 Å². The largest absolute Gasteiger partial charge is 0.464 e. The Hall–Kier alpha value is -0.830. The van der Waals surface area contributed by atoms with Crippen molar-refractivity contribution in [3.63, 3.8) is 0 Å². The highest BCUT2D eigenvalue weighted by Crippen LogP contribution is 2.41. The Bertz CT molecular complexity index is 258. The van der Waals surface area contributed by atoms with Gasteiger partial charge in [-0.2, -0.15) is 0 Å². The van der Waals surface area contributed by atoms with E-state index in [0.717, 1.165) is 24.8 Å². The van der Waals surface area contributed by atoms with E-state index >= 15 is 0 Å². The predicted octanol–water partition coefficient (Wildman–Crippen LogP) is 1.90. The minimum absolute atomic E-state index is 0.0250. The third-order valence-electron chi connectivity index (χ3n) is 3.15. The molecule has 0 unspecified atom stereocenters. The van der Waals surface area contributed by atoms with Crippen LogP contribution in [0, 0.1) is 11.3 Å². The SMILES string of the molecule is C=C1CCC[C@]1(CO)COC(=O)C(C)C. The molecule has 0 heterocycles. The van der Waals surface area contributed by atoms with Gasteiger partial charge in [-0.3, -0.25) is 4.79 Å². The Kier molecular flexibility index (Phi) is 3.91. The number of aliphatic hydroxyl groups excluding tert-OH is 1. The van der Waals surface area contributed by atoms with Gasteiger partial charge in [0.05, 0.1) is 12.5 Å². The van der Waals surface area contributed by atoms with Gasteiger partial charge in [0.15, 0.2) is 0 Å². The Balaban J connectivity index is 2.54. The fourth-order valence-corrected chi connectivity index (χ4v) is 1.87. The number of hydrogen-bond donors (Lipinski definition) is 1. The Morgan fingerprint density at radius 1 is 1.67 bits per heavy atom. The lowest BCUT2D eigenvalue weighted by Crippen LogP contribution is -2.31. The number of ether oxygens (including phenoxy) is 1. The molecule has 1 rings (SSSR count). The number of carbonyl (C=O) groups excluding carboxylic acids is 1. The van der Waals surface area contributed by atoms with E-state index in [1.165, 1.54) is 0 Å². The Morgan fingerprint density at radius 3 is 2.73 bits per heavy atom. The van der Waals surface area contributed by atoms with Gasteiger partial charge in [-0.15, -0.1) is 0 Å². The first kappa shape index (κ1) is 12.2. The molecule has 0 amide bonds. The zero-order valence-electron chi connectivity index (χ0n) is 9.58. The molecule has 3 nitrogen and oxygen atoms in total. The minimum atomic E-state index is -0.370. The Morgan fingerprint density at radius 2 is 2.33 bits per heavy atom. The molecule has 1 saturated carbocycles. The highest BCUT2D eigenvalue weighted by Gasteiger charge is 2.38. The molecular formula is C12H20O3. The van der Waals surface area contributed by atoms with Crippen molar-refractivity contribution in [2.45, 2.75) is 33.1 Å². The third-order valence-corrected chi connectivity index (χ3v) is 3.15. The average molecular weight is 212 g/mol. The predicted molar refractivity (Wildman–Crippen MR) is 58.3 cm³/mol. The second-order valence-electron chi connectivity index (χ2n) is 4.66. The molecule has 0 bridgehead atoms. The number of rotatable bonds is 4. The number of aliphatic hydroxyl groups is 1. The molecule has 3 heteroatoms. The van der Waals surface area contributed by atoms with Crippen LogP contribution in [0.3, 0.4) is 0 Å². The van der Waals surface area contributed by atoms with Gasteiger partial charge in [0.25, 0.3) is 0 Å². The number of carbonyl (C=O) groups is 1. The summed E-state index contributed by atoms with van der Waals surface area (Å²) in [6, 6.07) is 0. The van der Waals surface area contributed by atoms with Crippen molar-refractivity contribution in [2.24, 2.45) is 11.3 Å². The molecule has 0 spiro atoms. The van der Waals surface area contributed by atoms with E-state index in [-0.39, 0.29) is 30.5 Å². The number of hydrogen-bond acceptors (Lipinski definition) is 3. The first-order chi connectivity index (χ1) is 7.02. The first-order valence-electron chi connectivity index (χ1n) is 5.47. The smallest absolute Gasteiger partial charge is 0.308 e. The topological polar surface area (TPSA) is 46.5 Å². The lowest BCUT2D eigenvalue weighted by atomic mass is 9.85. The summed E-state index contributed by atoms with van der Waals surface area (Å²) in [5.74, 6) is -0.321. The summed E-state index contributed by atoms with van der Waals surface area (Å²) in [6.07, 6.45) is 2.83. The lowest BCUT2D eigenvalue weighted by molar-refractivity contribution is -0.150. The Labute approximate surface area is 91.1 Å².